The van der Waals surface area contributed by atoms with Crippen LogP contribution in [0.3, 0.4) is 0 Å². The standard InChI is InChI=1S/C5H9NO2.Y/c7-5(8)4-2-1-3-6-4;/h4,6H,1-3H2,(H,7,8);. The van der Waals surface area contributed by atoms with Gasteiger partial charge in [-0.25, -0.2) is 0 Å². The van der Waals surface area contributed by atoms with Crippen LogP contribution in [0.4, 0.5) is 0 Å². The summed E-state index contributed by atoms with van der Waals surface area (Å²) in [5, 5.41) is 11.2. The fourth-order valence-corrected chi connectivity index (χ4v) is 0.895. The van der Waals surface area contributed by atoms with E-state index in [0.717, 1.165) is 19.4 Å². The maximum Gasteiger partial charge on any atom is 0.320 e. The fraction of sp³-hybridized carbons (Fsp3) is 0.800. The van der Waals surface area contributed by atoms with Crippen molar-refractivity contribution < 1.29 is 42.6 Å². The van der Waals surface area contributed by atoms with Crippen LogP contribution in [-0.2, 0) is 37.5 Å². The first-order valence-corrected chi connectivity index (χ1v) is 2.77. The van der Waals surface area contributed by atoms with E-state index in [9.17, 15) is 4.79 Å². The van der Waals surface area contributed by atoms with Gasteiger partial charge in [0.15, 0.2) is 0 Å². The van der Waals surface area contributed by atoms with Gasteiger partial charge in [-0.1, -0.05) is 0 Å². The Labute approximate surface area is 79.1 Å². The van der Waals surface area contributed by atoms with E-state index in [-0.39, 0.29) is 38.8 Å². The third-order valence-corrected chi connectivity index (χ3v) is 1.36. The number of carboxylic acids is 1. The van der Waals surface area contributed by atoms with Gasteiger partial charge < -0.3 is 10.4 Å². The predicted octanol–water partition coefficient (Wildman–Crippen LogP) is -0.179. The number of rotatable bonds is 1. The molecule has 4 heteroatoms. The number of carboxylic acid groups (broad SMARTS) is 1. The van der Waals surface area contributed by atoms with Crippen molar-refractivity contribution in [2.24, 2.45) is 0 Å². The largest absolute Gasteiger partial charge is 0.480 e. The molecule has 0 aromatic rings. The Morgan fingerprint density at radius 1 is 1.67 bits per heavy atom. The number of hydrogen-bond acceptors (Lipinski definition) is 2. The smallest absolute Gasteiger partial charge is 0.320 e. The second-order valence-corrected chi connectivity index (χ2v) is 1.99. The SMILES string of the molecule is O=C(O)C1CCCN1.[Y]. The van der Waals surface area contributed by atoms with Gasteiger partial charge in [0.1, 0.15) is 6.04 Å². The van der Waals surface area contributed by atoms with Crippen molar-refractivity contribution in [3.63, 3.8) is 0 Å². The Hall–Kier alpha value is 0.534. The molecule has 0 aromatic heterocycles. The van der Waals surface area contributed by atoms with Crippen molar-refractivity contribution in [2.75, 3.05) is 6.54 Å². The van der Waals surface area contributed by atoms with Crippen molar-refractivity contribution >= 4 is 5.97 Å². The molecule has 1 unspecified atom stereocenters. The summed E-state index contributed by atoms with van der Waals surface area (Å²) in [7, 11) is 0. The molecule has 0 aliphatic carbocycles. The van der Waals surface area contributed by atoms with Crippen LogP contribution in [0.15, 0.2) is 0 Å². The van der Waals surface area contributed by atoms with Gasteiger partial charge in [0.05, 0.1) is 0 Å². The molecule has 0 bridgehead atoms. The average molecular weight is 204 g/mol. The minimum atomic E-state index is -0.720. The van der Waals surface area contributed by atoms with E-state index in [1.54, 1.807) is 0 Å². The predicted molar refractivity (Wildman–Crippen MR) is 28.7 cm³/mol. The van der Waals surface area contributed by atoms with E-state index in [2.05, 4.69) is 5.32 Å². The summed E-state index contributed by atoms with van der Waals surface area (Å²) >= 11 is 0. The molecule has 1 atom stereocenters. The van der Waals surface area contributed by atoms with Crippen LogP contribution >= 0.6 is 0 Å². The van der Waals surface area contributed by atoms with Crippen molar-refractivity contribution in [3.05, 3.63) is 0 Å². The average Bonchev–Trinajstić information content (AvgIpc) is 2.12. The molecule has 3 nitrogen and oxygen atoms in total. The zero-order chi connectivity index (χ0) is 5.98. The molecule has 49 valence electrons. The first-order valence-electron chi connectivity index (χ1n) is 2.77. The summed E-state index contributed by atoms with van der Waals surface area (Å²) < 4.78 is 0. The molecule has 2 N–H and O–H groups in total. The molecule has 1 heterocycles. The summed E-state index contributed by atoms with van der Waals surface area (Å²) in [6.07, 6.45) is 1.78. The Balaban J connectivity index is 0.000000640. The maximum absolute atomic E-state index is 10.1. The third kappa shape index (κ3) is 2.74. The molecule has 0 spiro atoms. The van der Waals surface area contributed by atoms with Gasteiger partial charge in [-0.3, -0.25) is 4.79 Å². The molecule has 0 aromatic carbocycles. The third-order valence-electron chi connectivity index (χ3n) is 1.36. The van der Waals surface area contributed by atoms with Gasteiger partial charge in [-0.15, -0.1) is 0 Å². The van der Waals surface area contributed by atoms with Crippen LogP contribution in [0.1, 0.15) is 12.8 Å². The molecule has 1 fully saturated rings. The number of nitrogens with one attached hydrogen (secondary N) is 1. The van der Waals surface area contributed by atoms with Crippen LogP contribution in [0, 0.1) is 0 Å². The number of hydrogen-bond donors (Lipinski definition) is 2. The number of carbonyl (C=O) groups is 1. The molecule has 1 rings (SSSR count). The van der Waals surface area contributed by atoms with Crippen LogP contribution in [0.25, 0.3) is 0 Å². The summed E-state index contributed by atoms with van der Waals surface area (Å²) in [5.74, 6) is -0.720. The Bertz CT molecular complexity index is 101. The van der Waals surface area contributed by atoms with Crippen LogP contribution in [-0.4, -0.2) is 23.7 Å². The topological polar surface area (TPSA) is 49.3 Å². The van der Waals surface area contributed by atoms with E-state index < -0.39 is 5.97 Å². The fourth-order valence-electron chi connectivity index (χ4n) is 0.895. The summed E-state index contributed by atoms with van der Waals surface area (Å²) in [6.45, 7) is 0.858. The minimum Gasteiger partial charge on any atom is -0.480 e. The Morgan fingerprint density at radius 3 is 2.56 bits per heavy atom. The Morgan fingerprint density at radius 2 is 2.33 bits per heavy atom. The molecule has 1 radical (unpaired) electrons. The van der Waals surface area contributed by atoms with E-state index in [1.807, 2.05) is 0 Å². The van der Waals surface area contributed by atoms with Crippen molar-refractivity contribution in [1.29, 1.82) is 0 Å². The first-order chi connectivity index (χ1) is 3.80. The zero-order valence-corrected chi connectivity index (χ0v) is 7.97. The zero-order valence-electron chi connectivity index (χ0n) is 5.13. The van der Waals surface area contributed by atoms with E-state index in [0.29, 0.717) is 0 Å². The van der Waals surface area contributed by atoms with Crippen molar-refractivity contribution in [2.45, 2.75) is 18.9 Å². The van der Waals surface area contributed by atoms with E-state index >= 15 is 0 Å². The van der Waals surface area contributed by atoms with E-state index in [1.165, 1.54) is 0 Å². The summed E-state index contributed by atoms with van der Waals surface area (Å²) in [6, 6.07) is -0.269. The second kappa shape index (κ2) is 4.37. The van der Waals surface area contributed by atoms with Crippen LogP contribution in [0.2, 0.25) is 0 Å². The first kappa shape index (κ1) is 9.53. The van der Waals surface area contributed by atoms with Gasteiger partial charge in [0.25, 0.3) is 0 Å². The summed E-state index contributed by atoms with van der Waals surface area (Å²) in [4.78, 5) is 10.1. The quantitative estimate of drug-likeness (QED) is 0.622. The van der Waals surface area contributed by atoms with Gasteiger partial charge in [-0.2, -0.15) is 0 Å². The van der Waals surface area contributed by atoms with Gasteiger partial charge in [0.2, 0.25) is 0 Å². The Kier molecular flexibility index (Phi) is 4.62. The molecule has 0 saturated carbocycles. The second-order valence-electron chi connectivity index (χ2n) is 1.99. The van der Waals surface area contributed by atoms with Crippen molar-refractivity contribution in [3.8, 4) is 0 Å². The molecule has 1 saturated heterocycles. The normalized spacial score (nSPS) is 25.1. The van der Waals surface area contributed by atoms with Gasteiger partial charge >= 0.3 is 5.97 Å². The van der Waals surface area contributed by atoms with Crippen LogP contribution < -0.4 is 5.32 Å². The number of aliphatic carboxylic acids is 1. The molecular formula is C5H9NO2Y. The summed E-state index contributed by atoms with van der Waals surface area (Å²) in [5.41, 5.74) is 0. The van der Waals surface area contributed by atoms with Crippen molar-refractivity contribution in [1.82, 2.24) is 5.32 Å². The van der Waals surface area contributed by atoms with E-state index in [4.69, 9.17) is 5.11 Å². The van der Waals surface area contributed by atoms with Crippen LogP contribution in [0.5, 0.6) is 0 Å². The monoisotopic (exact) mass is 204 g/mol. The molecule has 9 heavy (non-hydrogen) atoms. The minimum absolute atomic E-state index is 0. The molecular weight excluding hydrogens is 195 g/mol. The molecule has 0 amide bonds. The van der Waals surface area contributed by atoms with Gasteiger partial charge in [0, 0.05) is 32.7 Å². The molecule has 1 aliphatic rings. The van der Waals surface area contributed by atoms with Gasteiger partial charge in [-0.05, 0) is 19.4 Å². The molecule has 1 aliphatic heterocycles. The maximum atomic E-state index is 10.1.